The molecular formula is C13H11BrClFN2O. The van der Waals surface area contributed by atoms with Gasteiger partial charge in [-0.05, 0) is 45.8 Å². The van der Waals surface area contributed by atoms with E-state index >= 15 is 0 Å². The second-order valence-corrected chi connectivity index (χ2v) is 5.25. The van der Waals surface area contributed by atoms with Crippen LogP contribution in [0, 0.1) is 5.82 Å². The van der Waals surface area contributed by atoms with Crippen LogP contribution in [0.4, 0.5) is 10.2 Å². The fraction of sp³-hybridized carbons (Fsp3) is 0.154. The molecule has 0 fully saturated rings. The summed E-state index contributed by atoms with van der Waals surface area (Å²) in [7, 11) is 0. The van der Waals surface area contributed by atoms with Crippen molar-refractivity contribution in [1.82, 2.24) is 4.98 Å². The second-order valence-electron chi connectivity index (χ2n) is 3.93. The Morgan fingerprint density at radius 2 is 2.16 bits per heavy atom. The number of aliphatic hydroxyl groups is 1. The molecule has 0 aliphatic carbocycles. The molecule has 0 amide bonds. The molecule has 0 aliphatic heterocycles. The number of hydrogen-bond acceptors (Lipinski definition) is 3. The maximum atomic E-state index is 13.3. The minimum Gasteiger partial charge on any atom is -0.387 e. The lowest BCUT2D eigenvalue weighted by molar-refractivity contribution is 0.191. The van der Waals surface area contributed by atoms with Gasteiger partial charge in [0.2, 0.25) is 0 Å². The van der Waals surface area contributed by atoms with Crippen molar-refractivity contribution in [2.45, 2.75) is 6.10 Å². The first-order chi connectivity index (χ1) is 9.06. The van der Waals surface area contributed by atoms with Crippen molar-refractivity contribution in [3.63, 3.8) is 0 Å². The zero-order valence-corrected chi connectivity index (χ0v) is 12.1. The van der Waals surface area contributed by atoms with E-state index in [1.807, 2.05) is 6.07 Å². The second kappa shape index (κ2) is 6.32. The average molecular weight is 346 g/mol. The van der Waals surface area contributed by atoms with Crippen LogP contribution in [0.3, 0.4) is 0 Å². The van der Waals surface area contributed by atoms with Gasteiger partial charge in [0.1, 0.15) is 11.6 Å². The molecule has 0 bridgehead atoms. The molecule has 1 aromatic heterocycles. The number of pyridine rings is 1. The van der Waals surface area contributed by atoms with Crippen LogP contribution in [-0.2, 0) is 0 Å². The lowest BCUT2D eigenvalue weighted by atomic mass is 10.1. The highest BCUT2D eigenvalue weighted by Gasteiger charge is 2.10. The number of aliphatic hydroxyl groups excluding tert-OH is 1. The predicted molar refractivity (Wildman–Crippen MR) is 76.8 cm³/mol. The standard InChI is InChI=1S/C13H11BrClFN2O/c14-9-2-4-13(17-6-9)18-7-12(19)8-1-3-10(15)11(16)5-8/h1-6,12,19H,7H2,(H,17,18). The van der Waals surface area contributed by atoms with E-state index in [1.54, 1.807) is 18.3 Å². The Balaban J connectivity index is 1.98. The van der Waals surface area contributed by atoms with Gasteiger partial charge in [-0.25, -0.2) is 9.37 Å². The minimum absolute atomic E-state index is 0.0403. The Morgan fingerprint density at radius 3 is 2.79 bits per heavy atom. The fourth-order valence-electron chi connectivity index (χ4n) is 1.52. The molecule has 3 nitrogen and oxygen atoms in total. The lowest BCUT2D eigenvalue weighted by Crippen LogP contribution is -2.13. The van der Waals surface area contributed by atoms with Gasteiger partial charge in [-0.2, -0.15) is 0 Å². The highest BCUT2D eigenvalue weighted by molar-refractivity contribution is 9.10. The van der Waals surface area contributed by atoms with Crippen LogP contribution in [0.5, 0.6) is 0 Å². The summed E-state index contributed by atoms with van der Waals surface area (Å²) < 4.78 is 14.1. The molecule has 1 atom stereocenters. The summed E-state index contributed by atoms with van der Waals surface area (Å²) in [6.07, 6.45) is 0.814. The molecule has 1 unspecified atom stereocenters. The molecular weight excluding hydrogens is 335 g/mol. The third kappa shape index (κ3) is 3.89. The van der Waals surface area contributed by atoms with Gasteiger partial charge in [0.05, 0.1) is 11.1 Å². The normalized spacial score (nSPS) is 12.2. The Morgan fingerprint density at radius 1 is 1.37 bits per heavy atom. The molecule has 0 saturated carbocycles. The van der Waals surface area contributed by atoms with E-state index in [4.69, 9.17) is 11.6 Å². The van der Waals surface area contributed by atoms with Crippen LogP contribution in [0.15, 0.2) is 41.0 Å². The number of nitrogens with one attached hydrogen (secondary N) is 1. The largest absolute Gasteiger partial charge is 0.387 e. The summed E-state index contributed by atoms with van der Waals surface area (Å²) in [5, 5.41) is 12.9. The molecule has 2 aromatic rings. The van der Waals surface area contributed by atoms with E-state index in [-0.39, 0.29) is 11.6 Å². The van der Waals surface area contributed by atoms with Crippen LogP contribution in [0.2, 0.25) is 5.02 Å². The Bertz CT molecular complexity index is 565. The third-order valence-electron chi connectivity index (χ3n) is 2.53. The first-order valence-corrected chi connectivity index (χ1v) is 6.72. The van der Waals surface area contributed by atoms with Crippen LogP contribution >= 0.6 is 27.5 Å². The topological polar surface area (TPSA) is 45.1 Å². The predicted octanol–water partition coefficient (Wildman–Crippen LogP) is 3.78. The monoisotopic (exact) mass is 344 g/mol. The molecule has 1 aromatic carbocycles. The highest BCUT2D eigenvalue weighted by Crippen LogP contribution is 2.20. The summed E-state index contributed by atoms with van der Waals surface area (Å²) in [5.41, 5.74) is 0.464. The summed E-state index contributed by atoms with van der Waals surface area (Å²) in [6.45, 7) is 0.232. The first-order valence-electron chi connectivity index (χ1n) is 5.54. The van der Waals surface area contributed by atoms with Crippen molar-refractivity contribution in [1.29, 1.82) is 0 Å². The van der Waals surface area contributed by atoms with E-state index in [9.17, 15) is 9.50 Å². The Labute approximate surface area is 123 Å². The smallest absolute Gasteiger partial charge is 0.142 e. The maximum Gasteiger partial charge on any atom is 0.142 e. The molecule has 0 saturated heterocycles. The Hall–Kier alpha value is -1.17. The molecule has 6 heteroatoms. The highest BCUT2D eigenvalue weighted by atomic mass is 79.9. The van der Waals surface area contributed by atoms with Crippen molar-refractivity contribution in [2.75, 3.05) is 11.9 Å². The van der Waals surface area contributed by atoms with Gasteiger partial charge in [-0.15, -0.1) is 0 Å². The van der Waals surface area contributed by atoms with Gasteiger partial charge in [-0.3, -0.25) is 0 Å². The molecule has 19 heavy (non-hydrogen) atoms. The van der Waals surface area contributed by atoms with Crippen molar-refractivity contribution >= 4 is 33.3 Å². The van der Waals surface area contributed by atoms with Crippen LogP contribution in [-0.4, -0.2) is 16.6 Å². The Kier molecular flexibility index (Phi) is 4.74. The average Bonchev–Trinajstić information content (AvgIpc) is 2.41. The maximum absolute atomic E-state index is 13.3. The van der Waals surface area contributed by atoms with E-state index < -0.39 is 11.9 Å². The van der Waals surface area contributed by atoms with E-state index in [0.717, 1.165) is 4.47 Å². The van der Waals surface area contributed by atoms with Gasteiger partial charge < -0.3 is 10.4 Å². The quantitative estimate of drug-likeness (QED) is 0.886. The molecule has 100 valence electrons. The van der Waals surface area contributed by atoms with Crippen LogP contribution < -0.4 is 5.32 Å². The van der Waals surface area contributed by atoms with E-state index in [1.165, 1.54) is 12.1 Å². The van der Waals surface area contributed by atoms with Gasteiger partial charge in [-0.1, -0.05) is 17.7 Å². The van der Waals surface area contributed by atoms with Gasteiger partial charge in [0, 0.05) is 17.2 Å². The van der Waals surface area contributed by atoms with Crippen molar-refractivity contribution in [2.24, 2.45) is 0 Å². The lowest BCUT2D eigenvalue weighted by Gasteiger charge is -2.13. The van der Waals surface area contributed by atoms with E-state index in [2.05, 4.69) is 26.2 Å². The zero-order chi connectivity index (χ0) is 13.8. The van der Waals surface area contributed by atoms with Crippen LogP contribution in [0.25, 0.3) is 0 Å². The zero-order valence-electron chi connectivity index (χ0n) is 9.78. The van der Waals surface area contributed by atoms with Gasteiger partial charge >= 0.3 is 0 Å². The van der Waals surface area contributed by atoms with Gasteiger partial charge in [0.25, 0.3) is 0 Å². The summed E-state index contributed by atoms with van der Waals surface area (Å²) >= 11 is 8.87. The number of rotatable bonds is 4. The van der Waals surface area contributed by atoms with Crippen molar-refractivity contribution in [3.8, 4) is 0 Å². The minimum atomic E-state index is -0.836. The molecule has 0 spiro atoms. The van der Waals surface area contributed by atoms with Crippen molar-refractivity contribution in [3.05, 3.63) is 57.4 Å². The van der Waals surface area contributed by atoms with Crippen LogP contribution in [0.1, 0.15) is 11.7 Å². The SMILES string of the molecule is OC(CNc1ccc(Br)cn1)c1ccc(Cl)c(F)c1. The molecule has 0 aliphatic rings. The number of nitrogens with zero attached hydrogens (tertiary/aromatic N) is 1. The summed E-state index contributed by atoms with van der Waals surface area (Å²) in [5.74, 6) is 0.0941. The van der Waals surface area contributed by atoms with Gasteiger partial charge in [0.15, 0.2) is 0 Å². The number of hydrogen-bond donors (Lipinski definition) is 2. The molecule has 2 rings (SSSR count). The number of benzene rings is 1. The molecule has 2 N–H and O–H groups in total. The first kappa shape index (κ1) is 14.2. The number of halogens is 3. The van der Waals surface area contributed by atoms with E-state index in [0.29, 0.717) is 11.4 Å². The summed E-state index contributed by atoms with van der Waals surface area (Å²) in [6, 6.07) is 7.85. The van der Waals surface area contributed by atoms with Crippen molar-refractivity contribution < 1.29 is 9.50 Å². The number of anilines is 1. The fourth-order valence-corrected chi connectivity index (χ4v) is 1.87. The third-order valence-corrected chi connectivity index (χ3v) is 3.31. The summed E-state index contributed by atoms with van der Waals surface area (Å²) in [4.78, 5) is 4.11. The molecule has 0 radical (unpaired) electrons. The molecule has 1 heterocycles. The number of aromatic nitrogens is 1.